The third-order valence-electron chi connectivity index (χ3n) is 7.63. The number of alkyl halides is 3. The lowest BCUT2D eigenvalue weighted by atomic mass is 10.0. The van der Waals surface area contributed by atoms with Gasteiger partial charge in [0.1, 0.15) is 11.6 Å². The molecule has 1 atom stereocenters. The van der Waals surface area contributed by atoms with Gasteiger partial charge in [0, 0.05) is 37.4 Å². The van der Waals surface area contributed by atoms with Crippen molar-refractivity contribution in [1.82, 2.24) is 24.4 Å². The number of hydrogen-bond acceptors (Lipinski definition) is 8. The van der Waals surface area contributed by atoms with Gasteiger partial charge >= 0.3 is 11.9 Å². The SMILES string of the molecule is C=CC(=O)N1CCN(c2nc(=O)n(-c3cccnc3S(=O)(=O)C(C)C)c3nc(-c4c(F)cccc4C(F)(F)F)c(Cl)cc23)[C@@H](C)C1. The predicted octanol–water partition coefficient (Wildman–Crippen LogP) is 5.06. The molecule has 0 saturated carbocycles. The fourth-order valence-corrected chi connectivity index (χ4v) is 6.67. The monoisotopic (exact) mass is 678 g/mol. The summed E-state index contributed by atoms with van der Waals surface area (Å²) in [5.74, 6) is -1.53. The third kappa shape index (κ3) is 5.73. The van der Waals surface area contributed by atoms with E-state index in [0.29, 0.717) is 6.07 Å². The van der Waals surface area contributed by atoms with Crippen molar-refractivity contribution < 1.29 is 30.8 Å². The minimum atomic E-state index is -5.00. The summed E-state index contributed by atoms with van der Waals surface area (Å²) in [5.41, 5.74) is -4.56. The van der Waals surface area contributed by atoms with Crippen LogP contribution in [-0.2, 0) is 20.8 Å². The lowest BCUT2D eigenvalue weighted by Crippen LogP contribution is -2.54. The summed E-state index contributed by atoms with van der Waals surface area (Å²) in [6.07, 6.45) is -2.61. The number of halogens is 5. The highest BCUT2D eigenvalue weighted by molar-refractivity contribution is 7.92. The average molecular weight is 679 g/mol. The van der Waals surface area contributed by atoms with Crippen LogP contribution in [0.5, 0.6) is 0 Å². The molecule has 0 radical (unpaired) electrons. The molecule has 5 rings (SSSR count). The first-order valence-electron chi connectivity index (χ1n) is 13.9. The minimum absolute atomic E-state index is 0.0390. The number of carbonyl (C=O) groups is 1. The molecule has 1 amide bonds. The highest BCUT2D eigenvalue weighted by atomic mass is 35.5. The Morgan fingerprint density at radius 2 is 1.87 bits per heavy atom. The number of fused-ring (bicyclic) bond motifs is 1. The average Bonchev–Trinajstić information content (AvgIpc) is 3.00. The van der Waals surface area contributed by atoms with Gasteiger partial charge in [-0.1, -0.05) is 24.2 Å². The molecule has 16 heteroatoms. The van der Waals surface area contributed by atoms with Gasteiger partial charge in [-0.2, -0.15) is 18.2 Å². The van der Waals surface area contributed by atoms with E-state index in [0.717, 1.165) is 16.7 Å². The Morgan fingerprint density at radius 3 is 2.50 bits per heavy atom. The lowest BCUT2D eigenvalue weighted by molar-refractivity contribution is -0.137. The Balaban J connectivity index is 1.87. The van der Waals surface area contributed by atoms with Gasteiger partial charge in [-0.15, -0.1) is 0 Å². The molecule has 1 fully saturated rings. The van der Waals surface area contributed by atoms with Crippen molar-refractivity contribution in [3.63, 3.8) is 0 Å². The van der Waals surface area contributed by atoms with E-state index < -0.39 is 60.7 Å². The smallest absolute Gasteiger partial charge is 0.350 e. The minimum Gasteiger partial charge on any atom is -0.350 e. The Kier molecular flexibility index (Phi) is 8.68. The molecule has 1 aromatic carbocycles. The van der Waals surface area contributed by atoms with E-state index in [4.69, 9.17) is 11.6 Å². The van der Waals surface area contributed by atoms with E-state index in [2.05, 4.69) is 21.5 Å². The molecule has 46 heavy (non-hydrogen) atoms. The van der Waals surface area contributed by atoms with Crippen LogP contribution in [0.15, 0.2) is 65.1 Å². The largest absolute Gasteiger partial charge is 0.417 e. The number of benzene rings is 1. The van der Waals surface area contributed by atoms with E-state index in [1.807, 2.05) is 0 Å². The van der Waals surface area contributed by atoms with Crippen molar-refractivity contribution in [2.45, 2.75) is 43.3 Å². The van der Waals surface area contributed by atoms with Crippen LogP contribution >= 0.6 is 11.6 Å². The second kappa shape index (κ2) is 12.1. The first kappa shape index (κ1) is 33.0. The molecule has 1 aliphatic rings. The quantitative estimate of drug-likeness (QED) is 0.205. The summed E-state index contributed by atoms with van der Waals surface area (Å²) >= 11 is 6.54. The van der Waals surface area contributed by atoms with Crippen LogP contribution in [0.4, 0.5) is 23.4 Å². The number of anilines is 1. The molecule has 3 aromatic heterocycles. The molecule has 0 bridgehead atoms. The number of rotatable bonds is 6. The third-order valence-corrected chi connectivity index (χ3v) is 10.0. The maximum absolute atomic E-state index is 15.2. The number of carbonyl (C=O) groups excluding carboxylic acids is 1. The van der Waals surface area contributed by atoms with Crippen LogP contribution < -0.4 is 10.6 Å². The van der Waals surface area contributed by atoms with Crippen molar-refractivity contribution in [3.8, 4) is 16.9 Å². The van der Waals surface area contributed by atoms with Crippen molar-refractivity contribution in [2.75, 3.05) is 24.5 Å². The molecule has 4 aromatic rings. The van der Waals surface area contributed by atoms with Crippen LogP contribution in [0.1, 0.15) is 26.3 Å². The number of hydrogen-bond donors (Lipinski definition) is 0. The summed E-state index contributed by atoms with van der Waals surface area (Å²) in [7, 11) is -4.12. The van der Waals surface area contributed by atoms with Gasteiger partial charge in [-0.3, -0.25) is 4.79 Å². The van der Waals surface area contributed by atoms with E-state index in [9.17, 15) is 31.2 Å². The summed E-state index contributed by atoms with van der Waals surface area (Å²) in [6.45, 7) is 8.75. The maximum atomic E-state index is 15.2. The van der Waals surface area contributed by atoms with Crippen molar-refractivity contribution >= 4 is 44.2 Å². The van der Waals surface area contributed by atoms with E-state index in [1.54, 1.807) is 16.7 Å². The summed E-state index contributed by atoms with van der Waals surface area (Å²) in [6, 6.07) is 5.84. The molecule has 1 aliphatic heterocycles. The second-order valence-electron chi connectivity index (χ2n) is 10.9. The van der Waals surface area contributed by atoms with Crippen molar-refractivity contribution in [3.05, 3.63) is 82.1 Å². The van der Waals surface area contributed by atoms with Crippen LogP contribution in [0.3, 0.4) is 0 Å². The number of nitrogens with zero attached hydrogens (tertiary/aromatic N) is 6. The molecule has 10 nitrogen and oxygen atoms in total. The van der Waals surface area contributed by atoms with Gasteiger partial charge in [-0.25, -0.2) is 32.1 Å². The van der Waals surface area contributed by atoms with Gasteiger partial charge in [0.25, 0.3) is 0 Å². The Labute approximate surface area is 265 Å². The van der Waals surface area contributed by atoms with Crippen LogP contribution in [0.25, 0.3) is 28.0 Å². The Morgan fingerprint density at radius 1 is 1.15 bits per heavy atom. The molecule has 0 spiro atoms. The van der Waals surface area contributed by atoms with E-state index in [-0.39, 0.29) is 53.1 Å². The molecule has 4 heterocycles. The van der Waals surface area contributed by atoms with Gasteiger partial charge in [0.15, 0.2) is 20.5 Å². The maximum Gasteiger partial charge on any atom is 0.417 e. The lowest BCUT2D eigenvalue weighted by Gasteiger charge is -2.40. The first-order valence-corrected chi connectivity index (χ1v) is 15.9. The molecule has 0 aliphatic carbocycles. The Bertz CT molecular complexity index is 2050. The number of pyridine rings is 2. The summed E-state index contributed by atoms with van der Waals surface area (Å²) < 4.78 is 84.9. The highest BCUT2D eigenvalue weighted by Crippen LogP contribution is 2.42. The summed E-state index contributed by atoms with van der Waals surface area (Å²) in [4.78, 5) is 42.0. The highest BCUT2D eigenvalue weighted by Gasteiger charge is 2.37. The van der Waals surface area contributed by atoms with Crippen LogP contribution in [0, 0.1) is 5.82 Å². The molecular weight excluding hydrogens is 652 g/mol. The number of sulfone groups is 1. The van der Waals surface area contributed by atoms with Crippen LogP contribution in [-0.4, -0.2) is 69.7 Å². The second-order valence-corrected chi connectivity index (χ2v) is 13.7. The number of amides is 1. The summed E-state index contributed by atoms with van der Waals surface area (Å²) in [5, 5.41) is -1.78. The molecule has 242 valence electrons. The van der Waals surface area contributed by atoms with E-state index >= 15 is 4.39 Å². The van der Waals surface area contributed by atoms with Crippen molar-refractivity contribution in [2.24, 2.45) is 0 Å². The van der Waals surface area contributed by atoms with Crippen LogP contribution in [0.2, 0.25) is 5.02 Å². The number of aromatic nitrogens is 4. The standard InChI is InChI=1S/C30H27ClF4N6O4S/c1-5-23(42)39-12-13-40(17(4)15-39)26-18-14-20(31)25(24-19(30(33,34)35)8-6-9-21(24)32)37-27(18)41(29(43)38-26)22-10-7-11-36-28(22)46(44,45)16(2)3/h5-11,14,16-17H,1,12-13,15H2,2-4H3/t17-/m0/s1. The van der Waals surface area contributed by atoms with Gasteiger partial charge in [0.2, 0.25) is 5.91 Å². The molecule has 0 unspecified atom stereocenters. The zero-order valence-electron chi connectivity index (χ0n) is 24.7. The van der Waals surface area contributed by atoms with Gasteiger partial charge in [0.05, 0.1) is 32.6 Å². The first-order chi connectivity index (χ1) is 21.6. The van der Waals surface area contributed by atoms with E-state index in [1.165, 1.54) is 44.3 Å². The molecular formula is C30H27ClF4N6O4S. The fraction of sp³-hybridized carbons (Fsp3) is 0.300. The molecule has 0 N–H and O–H groups in total. The van der Waals surface area contributed by atoms with Gasteiger partial charge < -0.3 is 9.80 Å². The number of piperazine rings is 1. The fourth-order valence-electron chi connectivity index (χ4n) is 5.31. The Hall–Kier alpha value is -4.37. The predicted molar refractivity (Wildman–Crippen MR) is 164 cm³/mol. The topological polar surface area (TPSA) is 118 Å². The zero-order chi connectivity index (χ0) is 33.7. The zero-order valence-corrected chi connectivity index (χ0v) is 26.3. The molecule has 1 saturated heterocycles. The van der Waals surface area contributed by atoms with Gasteiger partial charge in [-0.05, 0) is 57.2 Å². The normalized spacial score (nSPS) is 15.9. The van der Waals surface area contributed by atoms with Crippen molar-refractivity contribution in [1.29, 1.82) is 0 Å².